The first-order chi connectivity index (χ1) is 14.6. The molecule has 3 heterocycles. The van der Waals surface area contributed by atoms with E-state index in [0.717, 1.165) is 16.6 Å². The van der Waals surface area contributed by atoms with Crippen molar-refractivity contribution in [3.05, 3.63) is 42.4 Å². The van der Waals surface area contributed by atoms with Crippen LogP contribution in [0.2, 0.25) is 0 Å². The number of benzene rings is 1. The molecule has 0 radical (unpaired) electrons. The highest BCUT2D eigenvalue weighted by molar-refractivity contribution is 7.99. The van der Waals surface area contributed by atoms with E-state index in [1.54, 1.807) is 18.5 Å². The van der Waals surface area contributed by atoms with Crippen molar-refractivity contribution in [3.8, 4) is 5.75 Å². The van der Waals surface area contributed by atoms with Crippen molar-refractivity contribution >= 4 is 34.5 Å². The summed E-state index contributed by atoms with van der Waals surface area (Å²) in [4.78, 5) is 29.8. The van der Waals surface area contributed by atoms with Crippen LogP contribution < -0.4 is 20.7 Å². The summed E-state index contributed by atoms with van der Waals surface area (Å²) in [7, 11) is 0. The number of carbonyl (C=O) groups is 1. The van der Waals surface area contributed by atoms with E-state index in [-0.39, 0.29) is 11.9 Å². The monoisotopic (exact) mass is 425 g/mol. The summed E-state index contributed by atoms with van der Waals surface area (Å²) >= 11 is 1.51. The first-order valence-corrected chi connectivity index (χ1v) is 10.7. The number of aromatic nitrogens is 4. The maximum atomic E-state index is 12.2. The molecule has 9 nitrogen and oxygen atoms in total. The zero-order valence-corrected chi connectivity index (χ0v) is 17.6. The van der Waals surface area contributed by atoms with E-state index in [1.165, 1.54) is 11.8 Å². The molecule has 0 bridgehead atoms. The molecule has 10 heteroatoms. The zero-order valence-electron chi connectivity index (χ0n) is 16.8. The van der Waals surface area contributed by atoms with Crippen molar-refractivity contribution in [2.24, 2.45) is 0 Å². The summed E-state index contributed by atoms with van der Waals surface area (Å²) in [5.74, 6) is 1.76. The summed E-state index contributed by atoms with van der Waals surface area (Å²) in [6.45, 7) is 4.42. The molecule has 2 aromatic heterocycles. The molecule has 2 unspecified atom stereocenters. The lowest BCUT2D eigenvalue weighted by Gasteiger charge is -2.31. The molecule has 1 aliphatic heterocycles. The fourth-order valence-electron chi connectivity index (χ4n) is 3.25. The zero-order chi connectivity index (χ0) is 20.9. The van der Waals surface area contributed by atoms with Crippen LogP contribution in [-0.2, 0) is 4.79 Å². The Hall–Kier alpha value is -2.98. The number of thioether (sulfide) groups is 1. The number of para-hydroxylation sites is 1. The molecular weight excluding hydrogens is 402 g/mol. The van der Waals surface area contributed by atoms with Crippen LogP contribution in [0.1, 0.15) is 19.0 Å². The Morgan fingerprint density at radius 1 is 1.23 bits per heavy atom. The molecule has 156 valence electrons. The number of aryl methyl sites for hydroxylation is 1. The molecule has 3 N–H and O–H groups in total. The third-order valence-corrected chi connectivity index (χ3v) is 5.59. The normalized spacial score (nSPS) is 18.8. The Balaban J connectivity index is 1.48. The summed E-state index contributed by atoms with van der Waals surface area (Å²) in [6.07, 6.45) is 3.31. The van der Waals surface area contributed by atoms with E-state index in [4.69, 9.17) is 4.74 Å². The second-order valence-electron chi connectivity index (χ2n) is 6.77. The number of hydrogen-bond acceptors (Lipinski definition) is 9. The second-order valence-corrected chi connectivity index (χ2v) is 7.76. The molecule has 1 aromatic carbocycles. The largest absolute Gasteiger partial charge is 0.492 e. The summed E-state index contributed by atoms with van der Waals surface area (Å²) in [6, 6.07) is 7.53. The predicted octanol–water partition coefficient (Wildman–Crippen LogP) is 2.09. The Bertz CT molecular complexity index is 1030. The average Bonchev–Trinajstić information content (AvgIpc) is 2.73. The second kappa shape index (κ2) is 9.23. The Morgan fingerprint density at radius 3 is 2.87 bits per heavy atom. The van der Waals surface area contributed by atoms with E-state index in [9.17, 15) is 4.79 Å². The predicted molar refractivity (Wildman–Crippen MR) is 115 cm³/mol. The maximum Gasteiger partial charge on any atom is 0.226 e. The third-order valence-electron chi connectivity index (χ3n) is 4.55. The Kier molecular flexibility index (Phi) is 6.24. The molecule has 4 rings (SSSR count). The van der Waals surface area contributed by atoms with E-state index in [0.29, 0.717) is 35.6 Å². The van der Waals surface area contributed by atoms with Gasteiger partial charge in [-0.25, -0.2) is 19.9 Å². The fourth-order valence-corrected chi connectivity index (χ4v) is 4.08. The van der Waals surface area contributed by atoms with Crippen LogP contribution in [0.4, 0.5) is 5.95 Å². The van der Waals surface area contributed by atoms with Gasteiger partial charge in [-0.2, -0.15) is 0 Å². The van der Waals surface area contributed by atoms with Crippen LogP contribution in [0.3, 0.4) is 0 Å². The SMILES string of the molecule is CCOc1cccc2c(C)nc(NC3NC(=O)CC(CSc4ncccn4)N3)nc12. The van der Waals surface area contributed by atoms with Gasteiger partial charge in [0.2, 0.25) is 11.9 Å². The van der Waals surface area contributed by atoms with Gasteiger partial charge in [0.15, 0.2) is 11.4 Å². The molecule has 0 spiro atoms. The van der Waals surface area contributed by atoms with Gasteiger partial charge in [-0.05, 0) is 26.0 Å². The standard InChI is InChI=1S/C20H23N7O2S/c1-3-29-15-7-4-6-14-12(2)23-18(26-17(14)15)27-19-24-13(10-16(28)25-19)11-30-20-21-8-5-9-22-20/h4-9,13,19,24H,3,10-11H2,1-2H3,(H,25,28)(H,23,26,27). The van der Waals surface area contributed by atoms with Crippen molar-refractivity contribution in [2.45, 2.75) is 37.8 Å². The summed E-state index contributed by atoms with van der Waals surface area (Å²) in [5, 5.41) is 11.1. The highest BCUT2D eigenvalue weighted by Gasteiger charge is 2.26. The van der Waals surface area contributed by atoms with Crippen LogP contribution in [0.25, 0.3) is 10.9 Å². The van der Waals surface area contributed by atoms with Gasteiger partial charge in [0.05, 0.1) is 12.3 Å². The third kappa shape index (κ3) is 4.77. The van der Waals surface area contributed by atoms with E-state index in [1.807, 2.05) is 32.0 Å². The number of anilines is 1. The minimum atomic E-state index is -0.482. The summed E-state index contributed by atoms with van der Waals surface area (Å²) < 4.78 is 5.71. The van der Waals surface area contributed by atoms with Gasteiger partial charge in [-0.3, -0.25) is 10.1 Å². The maximum absolute atomic E-state index is 12.2. The van der Waals surface area contributed by atoms with Gasteiger partial charge >= 0.3 is 0 Å². The van der Waals surface area contributed by atoms with Gasteiger partial charge in [0.1, 0.15) is 11.3 Å². The van der Waals surface area contributed by atoms with Crippen molar-refractivity contribution < 1.29 is 9.53 Å². The lowest BCUT2D eigenvalue weighted by Crippen LogP contribution is -2.60. The van der Waals surface area contributed by atoms with Gasteiger partial charge in [0, 0.05) is 36.0 Å². The number of nitrogens with one attached hydrogen (secondary N) is 3. The first kappa shape index (κ1) is 20.3. The van der Waals surface area contributed by atoms with Crippen molar-refractivity contribution in [1.29, 1.82) is 0 Å². The molecule has 1 aliphatic rings. The van der Waals surface area contributed by atoms with Gasteiger partial charge in [-0.1, -0.05) is 23.9 Å². The molecule has 1 amide bonds. The molecule has 1 fully saturated rings. The van der Waals surface area contributed by atoms with E-state index in [2.05, 4.69) is 35.9 Å². The minimum Gasteiger partial charge on any atom is -0.492 e. The lowest BCUT2D eigenvalue weighted by molar-refractivity contribution is -0.123. The van der Waals surface area contributed by atoms with Crippen LogP contribution >= 0.6 is 11.8 Å². The summed E-state index contributed by atoms with van der Waals surface area (Å²) in [5.41, 5.74) is 1.57. The van der Waals surface area contributed by atoms with Crippen molar-refractivity contribution in [2.75, 3.05) is 17.7 Å². The quantitative estimate of drug-likeness (QED) is 0.387. The van der Waals surface area contributed by atoms with Crippen LogP contribution in [0.5, 0.6) is 5.75 Å². The van der Waals surface area contributed by atoms with E-state index < -0.39 is 6.29 Å². The van der Waals surface area contributed by atoms with Crippen LogP contribution in [0.15, 0.2) is 41.8 Å². The smallest absolute Gasteiger partial charge is 0.226 e. The number of fused-ring (bicyclic) bond motifs is 1. The molecule has 2 atom stereocenters. The highest BCUT2D eigenvalue weighted by Crippen LogP contribution is 2.26. The molecule has 0 saturated carbocycles. The Morgan fingerprint density at radius 2 is 2.07 bits per heavy atom. The number of carbonyl (C=O) groups excluding carboxylic acids is 1. The van der Waals surface area contributed by atoms with E-state index >= 15 is 0 Å². The Labute approximate surface area is 178 Å². The fraction of sp³-hybridized carbons (Fsp3) is 0.350. The van der Waals surface area contributed by atoms with Crippen molar-refractivity contribution in [1.82, 2.24) is 30.6 Å². The lowest BCUT2D eigenvalue weighted by atomic mass is 10.2. The van der Waals surface area contributed by atoms with Gasteiger partial charge < -0.3 is 15.4 Å². The van der Waals surface area contributed by atoms with Gasteiger partial charge in [-0.15, -0.1) is 0 Å². The van der Waals surface area contributed by atoms with Crippen LogP contribution in [-0.4, -0.2) is 50.5 Å². The minimum absolute atomic E-state index is 0.0365. The number of amides is 1. The number of ether oxygens (including phenoxy) is 1. The number of hydrogen-bond donors (Lipinski definition) is 3. The topological polar surface area (TPSA) is 114 Å². The number of nitrogens with zero attached hydrogens (tertiary/aromatic N) is 4. The molecular formula is C20H23N7O2S. The molecule has 3 aromatic rings. The molecule has 1 saturated heterocycles. The van der Waals surface area contributed by atoms with Crippen molar-refractivity contribution in [3.63, 3.8) is 0 Å². The van der Waals surface area contributed by atoms with Gasteiger partial charge in [0.25, 0.3) is 0 Å². The average molecular weight is 426 g/mol. The molecule has 30 heavy (non-hydrogen) atoms. The van der Waals surface area contributed by atoms with Crippen LogP contribution in [0, 0.1) is 6.92 Å². The molecule has 0 aliphatic carbocycles. The first-order valence-electron chi connectivity index (χ1n) is 9.74. The highest BCUT2D eigenvalue weighted by atomic mass is 32.2. The number of rotatable bonds is 7.